The number of aryl methyl sites for hydroxylation is 1. The number of rotatable bonds is 9. The number of thioether (sulfide) groups is 1. The van der Waals surface area contributed by atoms with Crippen LogP contribution in [0.5, 0.6) is 5.75 Å². The molecule has 1 aliphatic rings. The van der Waals surface area contributed by atoms with Crippen LogP contribution in [0.4, 0.5) is 5.69 Å². The summed E-state index contributed by atoms with van der Waals surface area (Å²) in [5, 5.41) is 12.7. The van der Waals surface area contributed by atoms with Crippen molar-refractivity contribution in [2.75, 3.05) is 11.9 Å². The molecule has 5 rings (SSSR count). The van der Waals surface area contributed by atoms with Crippen molar-refractivity contribution >= 4 is 69.9 Å². The molecule has 1 fully saturated rings. The number of amides is 2. The summed E-state index contributed by atoms with van der Waals surface area (Å²) in [5.74, 6) is 0.366. The van der Waals surface area contributed by atoms with Gasteiger partial charge in [0.05, 0.1) is 23.9 Å². The van der Waals surface area contributed by atoms with Crippen LogP contribution in [0.2, 0.25) is 10.0 Å². The minimum Gasteiger partial charge on any atom is -0.483 e. The third-order valence-electron chi connectivity index (χ3n) is 5.95. The van der Waals surface area contributed by atoms with Crippen LogP contribution in [0.1, 0.15) is 22.5 Å². The highest BCUT2D eigenvalue weighted by Crippen LogP contribution is 2.36. The van der Waals surface area contributed by atoms with Crippen LogP contribution >= 0.6 is 35.0 Å². The molecule has 1 aromatic heterocycles. The number of amidine groups is 1. The van der Waals surface area contributed by atoms with Crippen molar-refractivity contribution in [2.45, 2.75) is 13.5 Å². The van der Waals surface area contributed by atoms with Crippen LogP contribution < -0.4 is 10.1 Å². The molecule has 1 saturated heterocycles. The Labute approximate surface area is 256 Å². The highest BCUT2D eigenvalue weighted by molar-refractivity contribution is 8.18. The summed E-state index contributed by atoms with van der Waals surface area (Å²) >= 11 is 13.4. The summed E-state index contributed by atoms with van der Waals surface area (Å²) in [6, 6.07) is 23.1. The van der Waals surface area contributed by atoms with E-state index in [1.807, 2.05) is 43.3 Å². The van der Waals surface area contributed by atoms with Gasteiger partial charge in [-0.2, -0.15) is 5.10 Å². The summed E-state index contributed by atoms with van der Waals surface area (Å²) in [7, 11) is 0. The van der Waals surface area contributed by atoms with Crippen LogP contribution in [-0.4, -0.2) is 34.7 Å². The van der Waals surface area contributed by atoms with E-state index in [1.54, 1.807) is 61.0 Å². The maximum absolute atomic E-state index is 13.5. The molecule has 2 amide bonds. The number of ether oxygens (including phenoxy) is 1. The maximum Gasteiger partial charge on any atom is 0.267 e. The van der Waals surface area contributed by atoms with Gasteiger partial charge in [-0.25, -0.2) is 0 Å². The monoisotopic (exact) mass is 618 g/mol. The fourth-order valence-electron chi connectivity index (χ4n) is 3.86. The lowest BCUT2D eigenvalue weighted by molar-refractivity contribution is -0.122. The van der Waals surface area contributed by atoms with Gasteiger partial charge in [-0.3, -0.25) is 14.5 Å². The Morgan fingerprint density at radius 3 is 2.55 bits per heavy atom. The fraction of sp³-hybridized carbons (Fsp3) is 0.0968. The summed E-state index contributed by atoms with van der Waals surface area (Å²) in [5.41, 5.74) is 3.10. The van der Waals surface area contributed by atoms with Gasteiger partial charge in [0, 0.05) is 21.3 Å². The number of hydrogen-bond acceptors (Lipinski definition) is 7. The first kappa shape index (κ1) is 29.2. The lowest BCUT2D eigenvalue weighted by Crippen LogP contribution is -2.28. The van der Waals surface area contributed by atoms with E-state index in [1.165, 1.54) is 4.90 Å². The van der Waals surface area contributed by atoms with E-state index in [-0.39, 0.29) is 25.0 Å². The molecule has 0 aliphatic carbocycles. The van der Waals surface area contributed by atoms with Gasteiger partial charge >= 0.3 is 0 Å². The molecule has 1 aliphatic heterocycles. The molecule has 0 unspecified atom stereocenters. The average Bonchev–Trinajstić information content (AvgIpc) is 3.59. The second-order valence-electron chi connectivity index (χ2n) is 9.15. The van der Waals surface area contributed by atoms with Gasteiger partial charge in [-0.05, 0) is 84.9 Å². The van der Waals surface area contributed by atoms with E-state index in [0.717, 1.165) is 22.9 Å². The molecule has 4 aromatic rings. The molecule has 11 heteroatoms. The number of halogens is 2. The Bertz CT molecular complexity index is 1670. The lowest BCUT2D eigenvalue weighted by atomic mass is 10.2. The van der Waals surface area contributed by atoms with Crippen molar-refractivity contribution in [1.29, 1.82) is 0 Å². The smallest absolute Gasteiger partial charge is 0.267 e. The molecule has 42 heavy (non-hydrogen) atoms. The molecule has 212 valence electrons. The molecule has 0 atom stereocenters. The van der Waals surface area contributed by atoms with Crippen molar-refractivity contribution in [1.82, 2.24) is 4.90 Å². The molecule has 3 aromatic carbocycles. The van der Waals surface area contributed by atoms with Crippen LogP contribution in [0.25, 0.3) is 6.08 Å². The number of furan rings is 1. The van der Waals surface area contributed by atoms with E-state index < -0.39 is 0 Å². The van der Waals surface area contributed by atoms with Crippen LogP contribution in [-0.2, 0) is 16.1 Å². The molecule has 0 saturated carbocycles. The van der Waals surface area contributed by atoms with Crippen LogP contribution in [0.3, 0.4) is 0 Å². The summed E-state index contributed by atoms with van der Waals surface area (Å²) in [6.07, 6.45) is 4.78. The highest BCUT2D eigenvalue weighted by atomic mass is 35.5. The molecule has 1 N–H and O–H groups in total. The minimum atomic E-state index is -0.323. The zero-order chi connectivity index (χ0) is 29.5. The molecule has 2 heterocycles. The van der Waals surface area contributed by atoms with Gasteiger partial charge in [0.1, 0.15) is 11.5 Å². The van der Waals surface area contributed by atoms with Gasteiger partial charge in [0.15, 0.2) is 11.8 Å². The summed E-state index contributed by atoms with van der Waals surface area (Å²) in [4.78, 5) is 27.9. The van der Waals surface area contributed by atoms with E-state index in [2.05, 4.69) is 15.5 Å². The van der Waals surface area contributed by atoms with Gasteiger partial charge in [-0.1, -0.05) is 53.0 Å². The third-order valence-corrected chi connectivity index (χ3v) is 7.44. The second-order valence-corrected chi connectivity index (χ2v) is 11.0. The Morgan fingerprint density at radius 1 is 1.05 bits per heavy atom. The number of benzene rings is 3. The van der Waals surface area contributed by atoms with E-state index in [4.69, 9.17) is 32.4 Å². The minimum absolute atomic E-state index is 0.170. The zero-order valence-corrected chi connectivity index (χ0v) is 24.6. The quantitative estimate of drug-likeness (QED) is 0.120. The van der Waals surface area contributed by atoms with Crippen molar-refractivity contribution in [2.24, 2.45) is 10.2 Å². The third kappa shape index (κ3) is 7.70. The van der Waals surface area contributed by atoms with E-state index >= 15 is 0 Å². The van der Waals surface area contributed by atoms with Gasteiger partial charge in [0.2, 0.25) is 0 Å². The number of carbonyl (C=O) groups excluding carboxylic acids is 2. The largest absolute Gasteiger partial charge is 0.483 e. The van der Waals surface area contributed by atoms with E-state index in [9.17, 15) is 9.59 Å². The van der Waals surface area contributed by atoms with Gasteiger partial charge < -0.3 is 14.5 Å². The first-order chi connectivity index (χ1) is 20.3. The Balaban J connectivity index is 1.36. The lowest BCUT2D eigenvalue weighted by Gasteiger charge is -2.13. The number of carbonyl (C=O) groups is 2. The molecular formula is C31H24Cl2N4O4S. The number of anilines is 1. The van der Waals surface area contributed by atoms with Crippen molar-refractivity contribution in [3.8, 4) is 5.75 Å². The topological polar surface area (TPSA) is 96.5 Å². The summed E-state index contributed by atoms with van der Waals surface area (Å²) in [6.45, 7) is 1.91. The maximum atomic E-state index is 13.5. The molecule has 8 nitrogen and oxygen atoms in total. The fourth-order valence-corrected chi connectivity index (χ4v) is 5.09. The SMILES string of the molecule is Cc1ccc(NC(=O)COc2ccc(Cl)cc2/C=C2\S/C(=N/N=C\c3ccc(Cl)cc3)N(Cc3ccco3)C2=O)cc1. The first-order valence-corrected chi connectivity index (χ1v) is 14.3. The number of nitrogens with one attached hydrogen (secondary N) is 1. The van der Waals surface area contributed by atoms with Gasteiger partial charge in [-0.15, -0.1) is 5.10 Å². The summed E-state index contributed by atoms with van der Waals surface area (Å²) < 4.78 is 11.3. The highest BCUT2D eigenvalue weighted by Gasteiger charge is 2.34. The zero-order valence-electron chi connectivity index (χ0n) is 22.3. The molecule has 0 radical (unpaired) electrons. The second kappa shape index (κ2) is 13.6. The first-order valence-electron chi connectivity index (χ1n) is 12.7. The average molecular weight is 620 g/mol. The Hall–Kier alpha value is -4.31. The Kier molecular flexibility index (Phi) is 9.43. The normalized spacial score (nSPS) is 15.2. The molecular weight excluding hydrogens is 595 g/mol. The number of hydrogen-bond donors (Lipinski definition) is 1. The standard InChI is InChI=1S/C31H24Cl2N4O4S/c1-20-4-11-25(12-5-20)35-29(38)19-41-27-13-10-24(33)15-22(27)16-28-30(39)37(18-26-3-2-14-40-26)31(42-28)36-34-17-21-6-8-23(32)9-7-21/h2-17H,18-19H2,1H3,(H,35,38)/b28-16-,34-17-,36-31+. The number of nitrogens with zero attached hydrogens (tertiary/aromatic N) is 3. The van der Waals surface area contributed by atoms with Crippen LogP contribution in [0.15, 0.2) is 105 Å². The predicted octanol–water partition coefficient (Wildman–Crippen LogP) is 7.42. The predicted molar refractivity (Wildman–Crippen MR) is 168 cm³/mol. The molecule has 0 spiro atoms. The van der Waals surface area contributed by atoms with Gasteiger partial charge in [0.25, 0.3) is 11.8 Å². The van der Waals surface area contributed by atoms with Crippen molar-refractivity contribution in [3.63, 3.8) is 0 Å². The van der Waals surface area contributed by atoms with Crippen molar-refractivity contribution < 1.29 is 18.7 Å². The Morgan fingerprint density at radius 2 is 1.81 bits per heavy atom. The van der Waals surface area contributed by atoms with Crippen LogP contribution in [0, 0.1) is 6.92 Å². The molecule has 0 bridgehead atoms. The van der Waals surface area contributed by atoms with E-state index in [0.29, 0.717) is 42.9 Å². The van der Waals surface area contributed by atoms with Crippen molar-refractivity contribution in [3.05, 3.63) is 123 Å².